The van der Waals surface area contributed by atoms with Crippen molar-refractivity contribution in [3.05, 3.63) is 56.6 Å². The fourth-order valence-corrected chi connectivity index (χ4v) is 7.93. The summed E-state index contributed by atoms with van der Waals surface area (Å²) in [6.07, 6.45) is 3.08. The Balaban J connectivity index is 1.37. The fourth-order valence-electron chi connectivity index (χ4n) is 7.62. The van der Waals surface area contributed by atoms with Gasteiger partial charge < -0.3 is 24.8 Å². The number of phenols is 1. The number of hydrogen-bond donors (Lipinski definition) is 2. The van der Waals surface area contributed by atoms with Gasteiger partial charge in [-0.15, -0.1) is 0 Å². The van der Waals surface area contributed by atoms with Gasteiger partial charge in [-0.2, -0.15) is 0 Å². The van der Waals surface area contributed by atoms with Crippen LogP contribution in [0.3, 0.4) is 0 Å². The molecule has 1 saturated heterocycles. The van der Waals surface area contributed by atoms with E-state index in [0.717, 1.165) is 48.9 Å². The van der Waals surface area contributed by atoms with Gasteiger partial charge in [0, 0.05) is 24.1 Å². The number of ketones is 1. The molecule has 9 heteroatoms. The first-order chi connectivity index (χ1) is 18.2. The maximum Gasteiger partial charge on any atom is 0.227 e. The summed E-state index contributed by atoms with van der Waals surface area (Å²) in [6, 6.07) is 7.19. The first kappa shape index (κ1) is 25.9. The quantitative estimate of drug-likeness (QED) is 0.508. The zero-order valence-corrected chi connectivity index (χ0v) is 23.2. The number of piperidine rings is 1. The van der Waals surface area contributed by atoms with Gasteiger partial charge in [0.1, 0.15) is 12.7 Å². The lowest BCUT2D eigenvalue weighted by Gasteiger charge is -2.59. The van der Waals surface area contributed by atoms with Crippen LogP contribution in [0.15, 0.2) is 24.3 Å². The molecule has 2 aromatic carbocycles. The lowest BCUT2D eigenvalue weighted by Crippen LogP contribution is -2.68. The molecule has 2 aromatic rings. The topological polar surface area (TPSA) is 88.1 Å². The van der Waals surface area contributed by atoms with Gasteiger partial charge in [0.2, 0.25) is 5.91 Å². The van der Waals surface area contributed by atoms with E-state index in [0.29, 0.717) is 27.8 Å². The van der Waals surface area contributed by atoms with Crippen LogP contribution < -0.4 is 10.1 Å². The Labute approximate surface area is 232 Å². The molecule has 4 aliphatic rings. The monoisotopic (exact) mass is 558 g/mol. The van der Waals surface area contributed by atoms with Gasteiger partial charge >= 0.3 is 0 Å². The summed E-state index contributed by atoms with van der Waals surface area (Å²) in [6.45, 7) is 2.65. The molecular formula is C29H32Cl2N2O5. The summed E-state index contributed by atoms with van der Waals surface area (Å²) in [7, 11) is 3.63. The Morgan fingerprint density at radius 2 is 2.05 bits per heavy atom. The van der Waals surface area contributed by atoms with E-state index in [1.807, 2.05) is 19.1 Å². The van der Waals surface area contributed by atoms with E-state index in [2.05, 4.69) is 17.3 Å². The second kappa shape index (κ2) is 9.40. The third-order valence-corrected chi connectivity index (χ3v) is 10.2. The van der Waals surface area contributed by atoms with E-state index in [-0.39, 0.29) is 47.2 Å². The molecule has 1 saturated carbocycles. The maximum absolute atomic E-state index is 13.5. The average molecular weight is 559 g/mol. The Bertz CT molecular complexity index is 1330. The molecule has 2 heterocycles. The van der Waals surface area contributed by atoms with Crippen LogP contribution in [-0.2, 0) is 21.4 Å². The maximum atomic E-state index is 13.5. The minimum absolute atomic E-state index is 0.108. The van der Waals surface area contributed by atoms with Crippen molar-refractivity contribution in [2.45, 2.75) is 62.1 Å². The fraction of sp³-hybridized carbons (Fsp3) is 0.517. The molecule has 7 nitrogen and oxygen atoms in total. The van der Waals surface area contributed by atoms with E-state index >= 15 is 0 Å². The molecule has 202 valence electrons. The van der Waals surface area contributed by atoms with Gasteiger partial charge in [0.05, 0.1) is 27.6 Å². The number of methoxy groups -OCH3 is 1. The summed E-state index contributed by atoms with van der Waals surface area (Å²) in [4.78, 5) is 28.7. The van der Waals surface area contributed by atoms with E-state index < -0.39 is 5.92 Å². The molecule has 1 spiro atoms. The van der Waals surface area contributed by atoms with Gasteiger partial charge in [0.15, 0.2) is 17.3 Å². The Morgan fingerprint density at radius 3 is 2.79 bits per heavy atom. The SMILES string of the molecule is COCC(=O)c1cc2c3c(c1O)OC1C(NC(=O)C(C)c4ccc(Cl)c(Cl)c4)CC[C@H]4[C@@H](C2)N(C)CC[C@]314. The highest BCUT2D eigenvalue weighted by Gasteiger charge is 2.66. The number of amides is 1. The van der Waals surface area contributed by atoms with Gasteiger partial charge in [-0.05, 0) is 81.4 Å². The first-order valence-electron chi connectivity index (χ1n) is 13.2. The average Bonchev–Trinajstić information content (AvgIpc) is 3.25. The number of aromatic hydroxyl groups is 1. The Morgan fingerprint density at radius 1 is 1.26 bits per heavy atom. The van der Waals surface area contributed by atoms with E-state index in [1.165, 1.54) is 7.11 Å². The third kappa shape index (κ3) is 3.69. The number of carbonyl (C=O) groups excluding carboxylic acids is 2. The smallest absolute Gasteiger partial charge is 0.227 e. The number of hydrogen-bond acceptors (Lipinski definition) is 6. The van der Waals surface area contributed by atoms with Crippen molar-refractivity contribution < 1.29 is 24.2 Å². The van der Waals surface area contributed by atoms with Crippen molar-refractivity contribution in [2.75, 3.05) is 27.3 Å². The number of rotatable bonds is 6. The Hall–Kier alpha value is -2.32. The number of ether oxygens (including phenoxy) is 2. The highest BCUT2D eigenvalue weighted by atomic mass is 35.5. The van der Waals surface area contributed by atoms with Crippen LogP contribution in [0.4, 0.5) is 0 Å². The Kier molecular flexibility index (Phi) is 6.42. The van der Waals surface area contributed by atoms with Crippen molar-refractivity contribution in [3.63, 3.8) is 0 Å². The minimum Gasteiger partial charge on any atom is -0.504 e. The number of nitrogens with zero attached hydrogens (tertiary/aromatic N) is 1. The second-order valence-electron chi connectivity index (χ2n) is 11.3. The number of nitrogens with one attached hydrogen (secondary N) is 1. The van der Waals surface area contributed by atoms with E-state index in [9.17, 15) is 14.7 Å². The van der Waals surface area contributed by atoms with Crippen LogP contribution in [-0.4, -0.2) is 67.2 Å². The van der Waals surface area contributed by atoms with Crippen molar-refractivity contribution >= 4 is 34.9 Å². The van der Waals surface area contributed by atoms with Crippen LogP contribution in [0.2, 0.25) is 10.0 Å². The summed E-state index contributed by atoms with van der Waals surface area (Å²) >= 11 is 12.3. The van der Waals surface area contributed by atoms with Crippen molar-refractivity contribution in [1.82, 2.24) is 10.2 Å². The predicted octanol–water partition coefficient (Wildman–Crippen LogP) is 4.49. The molecule has 6 atom stereocenters. The summed E-state index contributed by atoms with van der Waals surface area (Å²) in [5, 5.41) is 15.4. The van der Waals surface area contributed by atoms with Crippen LogP contribution in [0.1, 0.15) is 59.2 Å². The molecule has 2 fully saturated rings. The van der Waals surface area contributed by atoms with Crippen LogP contribution >= 0.6 is 23.2 Å². The number of likely N-dealkylation sites (N-methyl/N-ethyl adjacent to an activating group) is 1. The highest BCUT2D eigenvalue weighted by Crippen LogP contribution is 2.64. The zero-order chi connectivity index (χ0) is 26.9. The van der Waals surface area contributed by atoms with Crippen molar-refractivity contribution in [3.8, 4) is 11.5 Å². The highest BCUT2D eigenvalue weighted by molar-refractivity contribution is 6.42. The third-order valence-electron chi connectivity index (χ3n) is 9.45. The number of Topliss-reactive ketones (excluding diaryl/α,β-unsaturated/α-hetero) is 1. The van der Waals surface area contributed by atoms with Crippen molar-refractivity contribution in [2.24, 2.45) is 5.92 Å². The van der Waals surface area contributed by atoms with Crippen LogP contribution in [0.5, 0.6) is 11.5 Å². The van der Waals surface area contributed by atoms with Gasteiger partial charge in [-0.1, -0.05) is 29.3 Å². The lowest BCUT2D eigenvalue weighted by atomic mass is 9.51. The van der Waals surface area contributed by atoms with Crippen LogP contribution in [0, 0.1) is 5.92 Å². The van der Waals surface area contributed by atoms with Gasteiger partial charge in [-0.3, -0.25) is 9.59 Å². The molecule has 2 N–H and O–H groups in total. The second-order valence-corrected chi connectivity index (χ2v) is 12.1. The number of phenolic OH excluding ortho intramolecular Hbond substituents is 1. The lowest BCUT2D eigenvalue weighted by molar-refractivity contribution is -0.125. The molecule has 6 rings (SSSR count). The number of halogens is 2. The zero-order valence-electron chi connectivity index (χ0n) is 21.7. The number of benzene rings is 2. The predicted molar refractivity (Wildman–Crippen MR) is 145 cm³/mol. The standard InChI is InChI=1S/C29H32Cl2N2O5/c1-14(15-4-6-19(30)20(31)11-15)28(36)32-21-7-5-18-22-12-16-10-17(23(34)13-37-3)25(35)26-24(16)29(18,27(21)38-26)8-9-33(22)2/h4,6,10-11,14,18,21-22,27,35H,5,7-9,12-13H2,1-3H3,(H,32,36)/t14?,18-,21?,22+,27?,29-/m0/s1. The molecular weight excluding hydrogens is 527 g/mol. The van der Waals surface area contributed by atoms with Crippen LogP contribution in [0.25, 0.3) is 0 Å². The molecule has 2 aliphatic heterocycles. The van der Waals surface area contributed by atoms with E-state index in [4.69, 9.17) is 32.7 Å². The largest absolute Gasteiger partial charge is 0.504 e. The van der Waals surface area contributed by atoms with Crippen molar-refractivity contribution in [1.29, 1.82) is 0 Å². The summed E-state index contributed by atoms with van der Waals surface area (Å²) in [5.41, 5.74) is 2.81. The molecule has 0 radical (unpaired) electrons. The molecule has 0 aromatic heterocycles. The molecule has 2 bridgehead atoms. The number of likely N-dealkylation sites (tertiary alicyclic amines) is 1. The summed E-state index contributed by atoms with van der Waals surface area (Å²) < 4.78 is 11.7. The molecule has 1 amide bonds. The van der Waals surface area contributed by atoms with Gasteiger partial charge in [-0.25, -0.2) is 0 Å². The molecule has 3 unspecified atom stereocenters. The van der Waals surface area contributed by atoms with E-state index in [1.54, 1.807) is 12.1 Å². The normalized spacial score (nSPS) is 29.8. The van der Waals surface area contributed by atoms with Gasteiger partial charge in [0.25, 0.3) is 0 Å². The first-order valence-corrected chi connectivity index (χ1v) is 14.0. The summed E-state index contributed by atoms with van der Waals surface area (Å²) in [5.74, 6) is -0.161. The molecule has 38 heavy (non-hydrogen) atoms. The molecule has 2 aliphatic carbocycles. The minimum atomic E-state index is -0.428. The number of carbonyl (C=O) groups is 2.